The van der Waals surface area contributed by atoms with Crippen LogP contribution in [0, 0.1) is 0 Å². The van der Waals surface area contributed by atoms with Crippen molar-refractivity contribution in [3.63, 3.8) is 0 Å². The second kappa shape index (κ2) is 9.15. The van der Waals surface area contributed by atoms with Crippen LogP contribution in [0.2, 0.25) is 0 Å². The number of amides is 2. The molecule has 2 aromatic rings. The molecular weight excluding hydrogens is 330 g/mol. The molecular formula is C19H25N5O2. The average molecular weight is 355 g/mol. The molecule has 1 unspecified atom stereocenters. The number of imidazole rings is 1. The van der Waals surface area contributed by atoms with Crippen LogP contribution in [0.15, 0.2) is 43.0 Å². The second-order valence-electron chi connectivity index (χ2n) is 6.52. The van der Waals surface area contributed by atoms with Crippen LogP contribution in [0.1, 0.15) is 30.4 Å². The molecule has 1 fully saturated rings. The van der Waals surface area contributed by atoms with Crippen LogP contribution in [-0.4, -0.2) is 40.5 Å². The van der Waals surface area contributed by atoms with Gasteiger partial charge in [-0.05, 0) is 30.5 Å². The van der Waals surface area contributed by atoms with Crippen LogP contribution in [0.4, 0.5) is 0 Å². The Morgan fingerprint density at radius 2 is 2.15 bits per heavy atom. The van der Waals surface area contributed by atoms with Crippen molar-refractivity contribution in [3.05, 3.63) is 54.1 Å². The fourth-order valence-electron chi connectivity index (χ4n) is 3.05. The SMILES string of the molecule is O=C(CCNC(=O)C1CCCN1)NCc1cccc(Cn2ccnc2)c1. The first-order valence-corrected chi connectivity index (χ1v) is 9.02. The first kappa shape index (κ1) is 18.1. The Morgan fingerprint density at radius 1 is 1.27 bits per heavy atom. The molecule has 3 N–H and O–H groups in total. The lowest BCUT2D eigenvalue weighted by Gasteiger charge is -2.11. The largest absolute Gasteiger partial charge is 0.354 e. The molecule has 2 amide bonds. The smallest absolute Gasteiger partial charge is 0.237 e. The topological polar surface area (TPSA) is 88.0 Å². The maximum Gasteiger partial charge on any atom is 0.237 e. The van der Waals surface area contributed by atoms with E-state index in [0.29, 0.717) is 13.1 Å². The van der Waals surface area contributed by atoms with Crippen LogP contribution in [0.25, 0.3) is 0 Å². The molecule has 1 aromatic carbocycles. The molecule has 26 heavy (non-hydrogen) atoms. The molecule has 0 bridgehead atoms. The van der Waals surface area contributed by atoms with Gasteiger partial charge in [0, 0.05) is 38.4 Å². The molecule has 138 valence electrons. The lowest BCUT2D eigenvalue weighted by molar-refractivity contribution is -0.123. The highest BCUT2D eigenvalue weighted by molar-refractivity contribution is 5.83. The van der Waals surface area contributed by atoms with E-state index in [-0.39, 0.29) is 24.3 Å². The van der Waals surface area contributed by atoms with E-state index in [4.69, 9.17) is 0 Å². The normalized spacial score (nSPS) is 16.4. The van der Waals surface area contributed by atoms with E-state index in [9.17, 15) is 9.59 Å². The summed E-state index contributed by atoms with van der Waals surface area (Å²) in [4.78, 5) is 27.9. The van der Waals surface area contributed by atoms with Crippen molar-refractivity contribution in [2.45, 2.75) is 38.4 Å². The van der Waals surface area contributed by atoms with Gasteiger partial charge in [-0.3, -0.25) is 9.59 Å². The van der Waals surface area contributed by atoms with Crippen molar-refractivity contribution < 1.29 is 9.59 Å². The van der Waals surface area contributed by atoms with Crippen molar-refractivity contribution >= 4 is 11.8 Å². The predicted octanol–water partition coefficient (Wildman–Crippen LogP) is 0.806. The summed E-state index contributed by atoms with van der Waals surface area (Å²) in [5.41, 5.74) is 2.21. The van der Waals surface area contributed by atoms with E-state index in [0.717, 1.165) is 37.1 Å². The van der Waals surface area contributed by atoms with Gasteiger partial charge >= 0.3 is 0 Å². The number of aromatic nitrogens is 2. The van der Waals surface area contributed by atoms with Crippen molar-refractivity contribution in [1.29, 1.82) is 0 Å². The van der Waals surface area contributed by atoms with E-state index in [2.05, 4.69) is 33.1 Å². The molecule has 2 heterocycles. The number of hydrogen-bond donors (Lipinski definition) is 3. The molecule has 1 aliphatic rings. The van der Waals surface area contributed by atoms with Gasteiger partial charge in [-0.25, -0.2) is 4.98 Å². The minimum atomic E-state index is -0.101. The molecule has 3 rings (SSSR count). The number of carbonyl (C=O) groups excluding carboxylic acids is 2. The van der Waals surface area contributed by atoms with Gasteiger partial charge in [0.15, 0.2) is 0 Å². The zero-order valence-electron chi connectivity index (χ0n) is 14.8. The number of rotatable bonds is 8. The third kappa shape index (κ3) is 5.42. The van der Waals surface area contributed by atoms with E-state index < -0.39 is 0 Å². The van der Waals surface area contributed by atoms with E-state index in [1.54, 1.807) is 12.5 Å². The first-order chi connectivity index (χ1) is 12.7. The van der Waals surface area contributed by atoms with E-state index in [1.165, 1.54) is 0 Å². The van der Waals surface area contributed by atoms with Crippen molar-refractivity contribution in [2.24, 2.45) is 0 Å². The number of benzene rings is 1. The third-order valence-electron chi connectivity index (χ3n) is 4.43. The minimum Gasteiger partial charge on any atom is -0.354 e. The number of nitrogens with zero attached hydrogens (tertiary/aromatic N) is 2. The molecule has 1 aliphatic heterocycles. The van der Waals surface area contributed by atoms with E-state index in [1.807, 2.05) is 22.9 Å². The molecule has 0 radical (unpaired) electrons. The van der Waals surface area contributed by atoms with Crippen molar-refractivity contribution in [2.75, 3.05) is 13.1 Å². The molecule has 1 atom stereocenters. The highest BCUT2D eigenvalue weighted by Crippen LogP contribution is 2.07. The summed E-state index contributed by atoms with van der Waals surface area (Å²) in [6.07, 6.45) is 7.64. The van der Waals surface area contributed by atoms with Gasteiger partial charge in [-0.15, -0.1) is 0 Å². The Morgan fingerprint density at radius 3 is 2.92 bits per heavy atom. The molecule has 0 spiro atoms. The summed E-state index contributed by atoms with van der Waals surface area (Å²) in [5, 5.41) is 8.86. The Balaban J connectivity index is 1.38. The zero-order valence-corrected chi connectivity index (χ0v) is 14.8. The average Bonchev–Trinajstić information content (AvgIpc) is 3.34. The molecule has 0 aliphatic carbocycles. The number of carbonyl (C=O) groups is 2. The van der Waals surface area contributed by atoms with Gasteiger partial charge in [-0.1, -0.05) is 24.3 Å². The molecule has 0 saturated carbocycles. The molecule has 7 nitrogen and oxygen atoms in total. The molecule has 7 heteroatoms. The lowest BCUT2D eigenvalue weighted by atomic mass is 10.1. The predicted molar refractivity (Wildman–Crippen MR) is 98.3 cm³/mol. The summed E-state index contributed by atoms with van der Waals surface area (Å²) in [7, 11) is 0. The number of nitrogens with one attached hydrogen (secondary N) is 3. The van der Waals surface area contributed by atoms with Crippen molar-refractivity contribution in [1.82, 2.24) is 25.5 Å². The highest BCUT2D eigenvalue weighted by Gasteiger charge is 2.21. The monoisotopic (exact) mass is 355 g/mol. The van der Waals surface area contributed by atoms with Gasteiger partial charge in [0.25, 0.3) is 0 Å². The molecule has 1 aromatic heterocycles. The summed E-state index contributed by atoms with van der Waals surface area (Å²) >= 11 is 0. The molecule has 1 saturated heterocycles. The zero-order chi connectivity index (χ0) is 18.2. The van der Waals surface area contributed by atoms with Crippen LogP contribution in [0.5, 0.6) is 0 Å². The highest BCUT2D eigenvalue weighted by atomic mass is 16.2. The van der Waals surface area contributed by atoms with E-state index >= 15 is 0 Å². The second-order valence-corrected chi connectivity index (χ2v) is 6.52. The van der Waals surface area contributed by atoms with Crippen LogP contribution in [0.3, 0.4) is 0 Å². The Hall–Kier alpha value is -2.67. The first-order valence-electron chi connectivity index (χ1n) is 9.02. The number of hydrogen-bond acceptors (Lipinski definition) is 4. The van der Waals surface area contributed by atoms with Gasteiger partial charge in [0.05, 0.1) is 12.4 Å². The van der Waals surface area contributed by atoms with Gasteiger partial charge in [0.1, 0.15) is 0 Å². The van der Waals surface area contributed by atoms with Crippen LogP contribution >= 0.6 is 0 Å². The Labute approximate surface area is 153 Å². The van der Waals surface area contributed by atoms with Gasteiger partial charge in [-0.2, -0.15) is 0 Å². The quantitative estimate of drug-likeness (QED) is 0.654. The minimum absolute atomic E-state index is 0.0116. The lowest BCUT2D eigenvalue weighted by Crippen LogP contribution is -2.41. The fourth-order valence-corrected chi connectivity index (χ4v) is 3.05. The summed E-state index contributed by atoms with van der Waals surface area (Å²) in [6, 6.07) is 8.01. The maximum absolute atomic E-state index is 12.0. The third-order valence-corrected chi connectivity index (χ3v) is 4.43. The van der Waals surface area contributed by atoms with Gasteiger partial charge < -0.3 is 20.5 Å². The van der Waals surface area contributed by atoms with Crippen LogP contribution in [-0.2, 0) is 22.7 Å². The summed E-state index contributed by atoms with van der Waals surface area (Å²) in [5.74, 6) is -0.0767. The van der Waals surface area contributed by atoms with Crippen LogP contribution < -0.4 is 16.0 Å². The Bertz CT molecular complexity index is 723. The van der Waals surface area contributed by atoms with Gasteiger partial charge in [0.2, 0.25) is 11.8 Å². The standard InChI is InChI=1S/C19H25N5O2/c25-18(6-8-22-19(26)17-5-2-7-21-17)23-12-15-3-1-4-16(11-15)13-24-10-9-20-14-24/h1,3-4,9-11,14,17,21H,2,5-8,12-13H2,(H,22,26)(H,23,25). The maximum atomic E-state index is 12.0. The van der Waals surface area contributed by atoms with Crippen molar-refractivity contribution in [3.8, 4) is 0 Å². The summed E-state index contributed by atoms with van der Waals surface area (Å²) < 4.78 is 2.00. The summed E-state index contributed by atoms with van der Waals surface area (Å²) in [6.45, 7) is 2.49. The fraction of sp³-hybridized carbons (Fsp3) is 0.421. The Kier molecular flexibility index (Phi) is 6.38.